The van der Waals surface area contributed by atoms with Gasteiger partial charge in [-0.2, -0.15) is 4.91 Å². The van der Waals surface area contributed by atoms with Gasteiger partial charge in [-0.15, -0.1) is 0 Å². The fraction of sp³-hybridized carbons (Fsp3) is 1.00. The molecule has 0 aliphatic heterocycles. The minimum absolute atomic E-state index is 0.0262. The summed E-state index contributed by atoms with van der Waals surface area (Å²) in [4.78, 5) is 12.0. The maximum absolute atomic E-state index is 9.84. The lowest BCUT2D eigenvalue weighted by Gasteiger charge is -2.21. The predicted molar refractivity (Wildman–Crippen MR) is 67.5 cm³/mol. The average Bonchev–Trinajstić information content (AvgIpc) is 2.39. The molecule has 0 heterocycles. The van der Waals surface area contributed by atoms with Crippen LogP contribution in [-0.2, 0) is 9.47 Å². The van der Waals surface area contributed by atoms with Gasteiger partial charge in [0, 0.05) is 26.2 Å². The van der Waals surface area contributed by atoms with Crippen molar-refractivity contribution in [3.05, 3.63) is 4.91 Å². The van der Waals surface area contributed by atoms with Crippen molar-refractivity contribution in [1.29, 1.82) is 0 Å². The number of rotatable bonds is 14. The van der Waals surface area contributed by atoms with Gasteiger partial charge in [-0.1, -0.05) is 5.18 Å². The van der Waals surface area contributed by atoms with Crippen molar-refractivity contribution in [1.82, 2.24) is 4.90 Å². The summed E-state index contributed by atoms with van der Waals surface area (Å²) >= 11 is 0. The van der Waals surface area contributed by atoms with Crippen LogP contribution in [0.4, 0.5) is 0 Å². The fourth-order valence-electron chi connectivity index (χ4n) is 1.39. The van der Waals surface area contributed by atoms with E-state index in [1.807, 2.05) is 0 Å². The Morgan fingerprint density at radius 3 is 2.11 bits per heavy atom. The van der Waals surface area contributed by atoms with E-state index in [1.54, 1.807) is 0 Å². The van der Waals surface area contributed by atoms with Gasteiger partial charge in [0.15, 0.2) is 0 Å². The van der Waals surface area contributed by atoms with E-state index in [0.717, 1.165) is 19.6 Å². The second-order valence-electron chi connectivity index (χ2n) is 3.72. The molecule has 0 spiro atoms. The first-order valence-electron chi connectivity index (χ1n) is 6.23. The normalized spacial score (nSPS) is 11.1. The van der Waals surface area contributed by atoms with Crippen LogP contribution in [0.2, 0.25) is 0 Å². The summed E-state index contributed by atoms with van der Waals surface area (Å²) in [5.74, 6) is 0. The third-order valence-corrected chi connectivity index (χ3v) is 2.30. The SMILES string of the molecule is O=NCCOCCN(CCCO)CCOCCO. The number of aliphatic hydroxyl groups is 2. The van der Waals surface area contributed by atoms with Gasteiger partial charge in [0.25, 0.3) is 0 Å². The topological polar surface area (TPSA) is 91.6 Å². The quantitative estimate of drug-likeness (QED) is 0.323. The Kier molecular flexibility index (Phi) is 14.0. The fourth-order valence-corrected chi connectivity index (χ4v) is 1.39. The van der Waals surface area contributed by atoms with Gasteiger partial charge < -0.3 is 19.7 Å². The molecule has 0 aromatic carbocycles. The molecule has 0 amide bonds. The Morgan fingerprint density at radius 2 is 1.56 bits per heavy atom. The Balaban J connectivity index is 3.59. The Hall–Kier alpha value is -0.600. The minimum atomic E-state index is 0.0262. The van der Waals surface area contributed by atoms with Crippen LogP contribution in [0.1, 0.15) is 6.42 Å². The molecule has 7 heteroatoms. The molecule has 0 unspecified atom stereocenters. The molecule has 0 bridgehead atoms. The molecule has 0 saturated carbocycles. The molecule has 18 heavy (non-hydrogen) atoms. The molecule has 0 saturated heterocycles. The lowest BCUT2D eigenvalue weighted by atomic mass is 10.4. The summed E-state index contributed by atoms with van der Waals surface area (Å²) in [6.07, 6.45) is 0.704. The van der Waals surface area contributed by atoms with Crippen LogP contribution in [0.5, 0.6) is 0 Å². The van der Waals surface area contributed by atoms with Gasteiger partial charge in [0.1, 0.15) is 6.54 Å². The summed E-state index contributed by atoms with van der Waals surface area (Å²) in [7, 11) is 0. The molecule has 0 atom stereocenters. The third-order valence-electron chi connectivity index (χ3n) is 2.30. The molecule has 108 valence electrons. The van der Waals surface area contributed by atoms with Crippen molar-refractivity contribution in [2.75, 3.05) is 65.8 Å². The summed E-state index contributed by atoms with van der Waals surface area (Å²) < 4.78 is 10.4. The second-order valence-corrected chi connectivity index (χ2v) is 3.72. The van der Waals surface area contributed by atoms with Gasteiger partial charge >= 0.3 is 0 Å². The molecular formula is C11H24N2O5. The minimum Gasteiger partial charge on any atom is -0.396 e. The van der Waals surface area contributed by atoms with Gasteiger partial charge in [-0.3, -0.25) is 4.90 Å². The van der Waals surface area contributed by atoms with E-state index in [4.69, 9.17) is 19.7 Å². The summed E-state index contributed by atoms with van der Waals surface area (Å²) in [6, 6.07) is 0. The van der Waals surface area contributed by atoms with Crippen LogP contribution in [0, 0.1) is 4.91 Å². The largest absolute Gasteiger partial charge is 0.396 e. The number of aliphatic hydroxyl groups excluding tert-OH is 2. The van der Waals surface area contributed by atoms with Crippen molar-refractivity contribution in [2.45, 2.75) is 6.42 Å². The summed E-state index contributed by atoms with van der Waals surface area (Å²) in [6.45, 7) is 4.35. The first-order chi connectivity index (χ1) is 8.85. The maximum Gasteiger partial charge on any atom is 0.104 e. The molecule has 0 aliphatic rings. The molecule has 0 aromatic rings. The number of nitrogens with zero attached hydrogens (tertiary/aromatic N) is 2. The van der Waals surface area contributed by atoms with E-state index in [0.29, 0.717) is 32.8 Å². The van der Waals surface area contributed by atoms with Gasteiger partial charge in [-0.05, 0) is 6.42 Å². The van der Waals surface area contributed by atoms with E-state index in [1.165, 1.54) is 0 Å². The summed E-state index contributed by atoms with van der Waals surface area (Å²) in [5.41, 5.74) is 0. The van der Waals surface area contributed by atoms with Crippen molar-refractivity contribution in [2.24, 2.45) is 5.18 Å². The lowest BCUT2D eigenvalue weighted by molar-refractivity contribution is 0.0586. The van der Waals surface area contributed by atoms with Gasteiger partial charge in [0.2, 0.25) is 0 Å². The number of nitroso groups, excluding NO2 is 1. The first kappa shape index (κ1) is 17.4. The third kappa shape index (κ3) is 11.9. The van der Waals surface area contributed by atoms with Crippen molar-refractivity contribution in [3.8, 4) is 0 Å². The highest BCUT2D eigenvalue weighted by Gasteiger charge is 2.04. The highest BCUT2D eigenvalue weighted by molar-refractivity contribution is 4.57. The number of ether oxygens (including phenoxy) is 2. The number of hydrogen-bond donors (Lipinski definition) is 2. The van der Waals surface area contributed by atoms with Crippen LogP contribution >= 0.6 is 0 Å². The zero-order chi connectivity index (χ0) is 13.5. The van der Waals surface area contributed by atoms with E-state index < -0.39 is 0 Å². The van der Waals surface area contributed by atoms with Crippen molar-refractivity contribution in [3.63, 3.8) is 0 Å². The first-order valence-corrected chi connectivity index (χ1v) is 6.23. The second kappa shape index (κ2) is 14.5. The lowest BCUT2D eigenvalue weighted by Crippen LogP contribution is -2.32. The van der Waals surface area contributed by atoms with E-state index in [9.17, 15) is 4.91 Å². The van der Waals surface area contributed by atoms with Gasteiger partial charge in [0.05, 0.1) is 33.0 Å². The molecule has 0 aromatic heterocycles. The van der Waals surface area contributed by atoms with Crippen molar-refractivity contribution >= 4 is 0 Å². The van der Waals surface area contributed by atoms with E-state index in [-0.39, 0.29) is 19.8 Å². The predicted octanol–water partition coefficient (Wildman–Crippen LogP) is -0.537. The van der Waals surface area contributed by atoms with Crippen LogP contribution in [0.25, 0.3) is 0 Å². The van der Waals surface area contributed by atoms with Crippen LogP contribution < -0.4 is 0 Å². The van der Waals surface area contributed by atoms with Crippen LogP contribution in [0.15, 0.2) is 5.18 Å². The van der Waals surface area contributed by atoms with Crippen LogP contribution in [-0.4, -0.2) is 80.9 Å². The molecule has 0 rings (SSSR count). The maximum atomic E-state index is 9.84. The Labute approximate surface area is 108 Å². The highest BCUT2D eigenvalue weighted by atomic mass is 16.5. The van der Waals surface area contributed by atoms with E-state index >= 15 is 0 Å². The molecule has 0 aliphatic carbocycles. The molecule has 7 nitrogen and oxygen atoms in total. The molecule has 0 fully saturated rings. The summed E-state index contributed by atoms with van der Waals surface area (Å²) in [5, 5.41) is 20.1. The van der Waals surface area contributed by atoms with Crippen LogP contribution in [0.3, 0.4) is 0 Å². The monoisotopic (exact) mass is 264 g/mol. The van der Waals surface area contributed by atoms with Crippen molar-refractivity contribution < 1.29 is 19.7 Å². The van der Waals surface area contributed by atoms with Gasteiger partial charge in [-0.25, -0.2) is 0 Å². The standard InChI is InChI=1S/C11H24N2O5/c14-6-1-3-13(5-10-18-11-7-15)4-9-17-8-2-12-16/h14-15H,1-11H2. The molecular weight excluding hydrogens is 240 g/mol. The Morgan fingerprint density at radius 1 is 0.889 bits per heavy atom. The smallest absolute Gasteiger partial charge is 0.104 e. The highest BCUT2D eigenvalue weighted by Crippen LogP contribution is 1.93. The average molecular weight is 264 g/mol. The number of hydrogen-bond acceptors (Lipinski definition) is 7. The molecule has 0 radical (unpaired) electrons. The van der Waals surface area contributed by atoms with E-state index in [2.05, 4.69) is 10.1 Å². The molecule has 2 N–H and O–H groups in total. The Bertz CT molecular complexity index is 183. The zero-order valence-electron chi connectivity index (χ0n) is 10.8. The zero-order valence-corrected chi connectivity index (χ0v) is 10.8.